The van der Waals surface area contributed by atoms with Gasteiger partial charge in [0.2, 0.25) is 0 Å². The molecule has 0 bridgehead atoms. The van der Waals surface area contributed by atoms with E-state index in [0.29, 0.717) is 5.92 Å². The van der Waals surface area contributed by atoms with Crippen LogP contribution >= 0.6 is 0 Å². The van der Waals surface area contributed by atoms with Crippen molar-refractivity contribution in [3.63, 3.8) is 0 Å². The Kier molecular flexibility index (Phi) is 3.97. The Labute approximate surface area is 128 Å². The van der Waals surface area contributed by atoms with Gasteiger partial charge >= 0.3 is 0 Å². The minimum Gasteiger partial charge on any atom is -0.312 e. The van der Waals surface area contributed by atoms with Crippen LogP contribution in [0.2, 0.25) is 0 Å². The lowest BCUT2D eigenvalue weighted by atomic mass is 9.90. The largest absolute Gasteiger partial charge is 0.312 e. The van der Waals surface area contributed by atoms with Crippen LogP contribution in [0.25, 0.3) is 0 Å². The molecule has 0 radical (unpaired) electrons. The van der Waals surface area contributed by atoms with E-state index in [2.05, 4.69) is 39.4 Å². The molecule has 1 N–H and O–H groups in total. The molecule has 1 aromatic carbocycles. The average molecular weight is 285 g/mol. The van der Waals surface area contributed by atoms with Crippen molar-refractivity contribution in [1.29, 1.82) is 0 Å². The van der Waals surface area contributed by atoms with Crippen LogP contribution < -0.4 is 5.32 Å². The summed E-state index contributed by atoms with van der Waals surface area (Å²) in [6.45, 7) is 8.65. The van der Waals surface area contributed by atoms with Crippen LogP contribution in [0.3, 0.4) is 0 Å². The highest BCUT2D eigenvalue weighted by Crippen LogP contribution is 2.27. The van der Waals surface area contributed by atoms with Gasteiger partial charge in [-0.1, -0.05) is 24.3 Å². The summed E-state index contributed by atoms with van der Waals surface area (Å²) in [7, 11) is 0. The Balaban J connectivity index is 1.46. The number of benzene rings is 1. The van der Waals surface area contributed by atoms with E-state index < -0.39 is 0 Å². The monoisotopic (exact) mass is 285 g/mol. The SMILES string of the molecule is c1ccc2c(c1)CNCC2CN1CCCN2CCCC2C1. The molecule has 0 aromatic heterocycles. The standard InChI is InChI=1S/C18H27N3/c1-2-7-18-15(5-1)11-19-12-16(18)13-20-8-4-10-21-9-3-6-17(21)14-20/h1-2,5,7,16-17,19H,3-4,6,8-14H2. The number of rotatable bonds is 2. The second kappa shape index (κ2) is 6.07. The predicted octanol–water partition coefficient (Wildman–Crippen LogP) is 2.04. The van der Waals surface area contributed by atoms with Gasteiger partial charge in [0, 0.05) is 38.1 Å². The molecule has 2 unspecified atom stereocenters. The highest BCUT2D eigenvalue weighted by atomic mass is 15.3. The first-order valence-electron chi connectivity index (χ1n) is 8.65. The molecule has 0 aliphatic carbocycles. The zero-order chi connectivity index (χ0) is 14.1. The van der Waals surface area contributed by atoms with Gasteiger partial charge < -0.3 is 10.2 Å². The number of nitrogens with zero attached hydrogens (tertiary/aromatic N) is 2. The van der Waals surface area contributed by atoms with Gasteiger partial charge in [-0.3, -0.25) is 4.90 Å². The lowest BCUT2D eigenvalue weighted by Crippen LogP contribution is -2.41. The van der Waals surface area contributed by atoms with Crippen LogP contribution in [0.1, 0.15) is 36.3 Å². The van der Waals surface area contributed by atoms with Crippen LogP contribution in [0, 0.1) is 0 Å². The lowest BCUT2D eigenvalue weighted by molar-refractivity contribution is 0.209. The van der Waals surface area contributed by atoms with Crippen molar-refractivity contribution in [2.75, 3.05) is 39.3 Å². The van der Waals surface area contributed by atoms with Gasteiger partial charge in [-0.2, -0.15) is 0 Å². The molecule has 1 aromatic rings. The van der Waals surface area contributed by atoms with Gasteiger partial charge in [0.15, 0.2) is 0 Å². The zero-order valence-corrected chi connectivity index (χ0v) is 12.9. The third kappa shape index (κ3) is 2.87. The third-order valence-electron chi connectivity index (χ3n) is 5.57. The van der Waals surface area contributed by atoms with E-state index in [1.807, 2.05) is 0 Å². The van der Waals surface area contributed by atoms with Crippen LogP contribution in [-0.2, 0) is 6.54 Å². The average Bonchev–Trinajstić information content (AvgIpc) is 2.86. The van der Waals surface area contributed by atoms with Gasteiger partial charge in [-0.15, -0.1) is 0 Å². The van der Waals surface area contributed by atoms with E-state index in [9.17, 15) is 0 Å². The zero-order valence-electron chi connectivity index (χ0n) is 12.9. The van der Waals surface area contributed by atoms with E-state index >= 15 is 0 Å². The summed E-state index contributed by atoms with van der Waals surface area (Å²) >= 11 is 0. The number of nitrogens with one attached hydrogen (secondary N) is 1. The van der Waals surface area contributed by atoms with E-state index in [1.54, 1.807) is 5.56 Å². The maximum absolute atomic E-state index is 3.61. The molecule has 114 valence electrons. The minimum absolute atomic E-state index is 0.669. The Morgan fingerprint density at radius 2 is 2.00 bits per heavy atom. The summed E-state index contributed by atoms with van der Waals surface area (Å²) in [4.78, 5) is 5.47. The molecule has 3 aliphatic heterocycles. The molecule has 2 atom stereocenters. The Hall–Kier alpha value is -0.900. The van der Waals surface area contributed by atoms with Gasteiger partial charge in [0.05, 0.1) is 0 Å². The van der Waals surface area contributed by atoms with Crippen LogP contribution in [-0.4, -0.2) is 55.1 Å². The second-order valence-electron chi connectivity index (χ2n) is 6.97. The van der Waals surface area contributed by atoms with Gasteiger partial charge in [0.1, 0.15) is 0 Å². The summed E-state index contributed by atoms with van der Waals surface area (Å²) in [5.41, 5.74) is 3.09. The molecule has 2 saturated heterocycles. The topological polar surface area (TPSA) is 18.5 Å². The fraction of sp³-hybridized carbons (Fsp3) is 0.667. The molecule has 0 saturated carbocycles. The van der Waals surface area contributed by atoms with Crippen molar-refractivity contribution in [3.8, 4) is 0 Å². The molecule has 3 aliphatic rings. The van der Waals surface area contributed by atoms with E-state index in [-0.39, 0.29) is 0 Å². The lowest BCUT2D eigenvalue weighted by Gasteiger charge is -2.32. The fourth-order valence-electron chi connectivity index (χ4n) is 4.51. The maximum Gasteiger partial charge on any atom is 0.0223 e. The first-order chi connectivity index (χ1) is 10.4. The van der Waals surface area contributed by atoms with Crippen molar-refractivity contribution in [2.24, 2.45) is 0 Å². The quantitative estimate of drug-likeness (QED) is 0.897. The number of hydrogen-bond acceptors (Lipinski definition) is 3. The summed E-state index contributed by atoms with van der Waals surface area (Å²) in [5.74, 6) is 0.669. The van der Waals surface area contributed by atoms with Crippen molar-refractivity contribution < 1.29 is 0 Å². The molecule has 3 heteroatoms. The van der Waals surface area contributed by atoms with E-state index in [4.69, 9.17) is 0 Å². The summed E-state index contributed by atoms with van der Waals surface area (Å²) in [5, 5.41) is 3.61. The molecular formula is C18H27N3. The first kappa shape index (κ1) is 13.7. The predicted molar refractivity (Wildman–Crippen MR) is 86.5 cm³/mol. The number of fused-ring (bicyclic) bond motifs is 2. The van der Waals surface area contributed by atoms with Crippen molar-refractivity contribution >= 4 is 0 Å². The molecular weight excluding hydrogens is 258 g/mol. The number of hydrogen-bond donors (Lipinski definition) is 1. The molecule has 3 heterocycles. The highest BCUT2D eigenvalue weighted by Gasteiger charge is 2.30. The molecule has 4 rings (SSSR count). The second-order valence-corrected chi connectivity index (χ2v) is 6.97. The van der Waals surface area contributed by atoms with Gasteiger partial charge in [0.25, 0.3) is 0 Å². The molecule has 0 amide bonds. The van der Waals surface area contributed by atoms with E-state index in [0.717, 1.165) is 19.1 Å². The molecule has 0 spiro atoms. The van der Waals surface area contributed by atoms with Crippen LogP contribution in [0.5, 0.6) is 0 Å². The highest BCUT2D eigenvalue weighted by molar-refractivity contribution is 5.32. The minimum atomic E-state index is 0.669. The van der Waals surface area contributed by atoms with Crippen LogP contribution in [0.4, 0.5) is 0 Å². The Morgan fingerprint density at radius 1 is 1.10 bits per heavy atom. The summed E-state index contributed by atoms with van der Waals surface area (Å²) in [6.07, 6.45) is 4.17. The fourth-order valence-corrected chi connectivity index (χ4v) is 4.51. The molecule has 21 heavy (non-hydrogen) atoms. The van der Waals surface area contributed by atoms with Crippen molar-refractivity contribution in [3.05, 3.63) is 35.4 Å². The maximum atomic E-state index is 3.61. The summed E-state index contributed by atoms with van der Waals surface area (Å²) < 4.78 is 0. The van der Waals surface area contributed by atoms with E-state index in [1.165, 1.54) is 57.5 Å². The Morgan fingerprint density at radius 3 is 3.00 bits per heavy atom. The van der Waals surface area contributed by atoms with Crippen LogP contribution in [0.15, 0.2) is 24.3 Å². The smallest absolute Gasteiger partial charge is 0.0223 e. The third-order valence-corrected chi connectivity index (χ3v) is 5.57. The van der Waals surface area contributed by atoms with Crippen molar-refractivity contribution in [2.45, 2.75) is 37.8 Å². The normalized spacial score (nSPS) is 30.7. The molecule has 3 nitrogen and oxygen atoms in total. The van der Waals surface area contributed by atoms with Gasteiger partial charge in [-0.25, -0.2) is 0 Å². The van der Waals surface area contributed by atoms with Gasteiger partial charge in [-0.05, 0) is 50.0 Å². The Bertz CT molecular complexity index is 487. The van der Waals surface area contributed by atoms with Crippen molar-refractivity contribution in [1.82, 2.24) is 15.1 Å². The molecule has 2 fully saturated rings. The summed E-state index contributed by atoms with van der Waals surface area (Å²) in [6, 6.07) is 9.85. The first-order valence-corrected chi connectivity index (χ1v) is 8.65.